The molecule has 6 rings (SSSR count). The maximum absolute atomic E-state index is 12.5. The Morgan fingerprint density at radius 1 is 0.854 bits per heavy atom. The summed E-state index contributed by atoms with van der Waals surface area (Å²) in [6.07, 6.45) is 3.07. The van der Waals surface area contributed by atoms with Crippen LogP contribution in [0.4, 0.5) is 5.69 Å². The van der Waals surface area contributed by atoms with Gasteiger partial charge in [-0.15, -0.1) is 11.8 Å². The van der Waals surface area contributed by atoms with E-state index in [1.807, 2.05) is 72.8 Å². The van der Waals surface area contributed by atoms with Crippen LogP contribution in [-0.4, -0.2) is 33.8 Å². The van der Waals surface area contributed by atoms with E-state index in [1.165, 1.54) is 6.92 Å². The Morgan fingerprint density at radius 2 is 1.62 bits per heavy atom. The lowest BCUT2D eigenvalue weighted by molar-refractivity contribution is -0.245. The molecular formula is C39H37N3O5S. The van der Waals surface area contributed by atoms with E-state index in [9.17, 15) is 14.7 Å². The number of benzene rings is 4. The standard InChI is InChI=1S/C39H37N3O5S/c1-26(44)42-34-15-17-36(18-16-34)48-25-35-21-37(30-9-7-27(24-43)8-10-30)47-39(46-35)31-13-11-29(12-14-31)32-5-2-4-28(20-32)22-41-38(45)33-6-3-19-40-23-33/h2-20,23,35,37,39,43H,21-22,24-25H2,1H3,(H,41,45)(H,42,44)/t35-,37+,39+/m0/s1. The van der Waals surface area contributed by atoms with Crippen LogP contribution in [0.15, 0.2) is 126 Å². The number of aromatic nitrogens is 1. The first-order valence-corrected chi connectivity index (χ1v) is 16.8. The van der Waals surface area contributed by atoms with Crippen LogP contribution in [0.1, 0.15) is 58.4 Å². The summed E-state index contributed by atoms with van der Waals surface area (Å²) in [4.78, 5) is 29.0. The van der Waals surface area contributed by atoms with Crippen molar-refractivity contribution in [1.29, 1.82) is 0 Å². The van der Waals surface area contributed by atoms with Crippen LogP contribution in [0.3, 0.4) is 0 Å². The average molecular weight is 660 g/mol. The Labute approximate surface area is 284 Å². The van der Waals surface area contributed by atoms with Gasteiger partial charge in [-0.2, -0.15) is 0 Å². The molecule has 3 N–H and O–H groups in total. The molecule has 9 heteroatoms. The SMILES string of the molecule is CC(=O)Nc1ccc(SC[C@@H]2C[C@H](c3ccc(CO)cc3)O[C@H](c3ccc(-c4cccc(CNC(=O)c5cccnc5)c4)cc3)O2)cc1. The van der Waals surface area contributed by atoms with Gasteiger partial charge in [0.2, 0.25) is 5.91 Å². The Hall–Kier alpha value is -4.80. The number of nitrogens with one attached hydrogen (secondary N) is 2. The van der Waals surface area contributed by atoms with Crippen molar-refractivity contribution in [2.24, 2.45) is 0 Å². The van der Waals surface area contributed by atoms with Crippen molar-refractivity contribution in [3.8, 4) is 11.1 Å². The fourth-order valence-electron chi connectivity index (χ4n) is 5.52. The molecule has 1 aromatic heterocycles. The highest BCUT2D eigenvalue weighted by molar-refractivity contribution is 7.99. The van der Waals surface area contributed by atoms with Gasteiger partial charge in [-0.05, 0) is 70.3 Å². The van der Waals surface area contributed by atoms with Crippen molar-refractivity contribution < 1.29 is 24.2 Å². The number of hydrogen-bond donors (Lipinski definition) is 3. The third kappa shape index (κ3) is 8.76. The van der Waals surface area contributed by atoms with Crippen LogP contribution in [0.25, 0.3) is 11.1 Å². The molecule has 244 valence electrons. The molecule has 8 nitrogen and oxygen atoms in total. The second-order valence-electron chi connectivity index (χ2n) is 11.6. The van der Waals surface area contributed by atoms with Crippen molar-refractivity contribution >= 4 is 29.3 Å². The zero-order valence-corrected chi connectivity index (χ0v) is 27.4. The second-order valence-corrected chi connectivity index (χ2v) is 12.7. The third-order valence-electron chi connectivity index (χ3n) is 8.05. The number of hydrogen-bond acceptors (Lipinski definition) is 7. The Balaban J connectivity index is 1.14. The molecule has 0 aliphatic carbocycles. The van der Waals surface area contributed by atoms with Crippen molar-refractivity contribution in [2.45, 2.75) is 49.9 Å². The molecule has 1 aliphatic rings. The van der Waals surface area contributed by atoms with E-state index in [2.05, 4.69) is 39.9 Å². The molecule has 0 radical (unpaired) electrons. The number of aliphatic hydroxyl groups is 1. The number of carbonyl (C=O) groups excluding carboxylic acids is 2. The highest BCUT2D eigenvalue weighted by Gasteiger charge is 2.32. The minimum absolute atomic E-state index is 0.00712. The van der Waals surface area contributed by atoms with Gasteiger partial charge >= 0.3 is 0 Å². The van der Waals surface area contributed by atoms with E-state index < -0.39 is 6.29 Å². The van der Waals surface area contributed by atoms with E-state index in [0.717, 1.165) is 49.7 Å². The number of ether oxygens (including phenoxy) is 2. The summed E-state index contributed by atoms with van der Waals surface area (Å²) in [5.41, 5.74) is 7.19. The van der Waals surface area contributed by atoms with Crippen LogP contribution >= 0.6 is 11.8 Å². The smallest absolute Gasteiger partial charge is 0.253 e. The number of aliphatic hydroxyl groups excluding tert-OH is 1. The summed E-state index contributed by atoms with van der Waals surface area (Å²) < 4.78 is 13.1. The van der Waals surface area contributed by atoms with Gasteiger partial charge in [0.25, 0.3) is 5.91 Å². The zero-order chi connectivity index (χ0) is 33.3. The van der Waals surface area contributed by atoms with Gasteiger partial charge in [0.1, 0.15) is 0 Å². The number of pyridine rings is 1. The lowest BCUT2D eigenvalue weighted by Gasteiger charge is -2.36. The number of nitrogens with zero attached hydrogens (tertiary/aromatic N) is 1. The molecule has 2 amide bonds. The predicted octanol–water partition coefficient (Wildman–Crippen LogP) is 7.47. The molecule has 0 saturated carbocycles. The summed E-state index contributed by atoms with van der Waals surface area (Å²) in [5, 5.41) is 15.3. The molecule has 2 heterocycles. The Kier molecular flexibility index (Phi) is 10.9. The predicted molar refractivity (Wildman–Crippen MR) is 187 cm³/mol. The van der Waals surface area contributed by atoms with E-state index >= 15 is 0 Å². The largest absolute Gasteiger partial charge is 0.392 e. The lowest BCUT2D eigenvalue weighted by atomic mass is 9.99. The first-order valence-electron chi connectivity index (χ1n) is 15.8. The molecule has 1 saturated heterocycles. The molecule has 0 bridgehead atoms. The molecular weight excluding hydrogens is 623 g/mol. The maximum atomic E-state index is 12.5. The van der Waals surface area contributed by atoms with E-state index in [0.29, 0.717) is 18.5 Å². The third-order valence-corrected chi connectivity index (χ3v) is 9.19. The van der Waals surface area contributed by atoms with Gasteiger partial charge in [-0.25, -0.2) is 0 Å². The van der Waals surface area contributed by atoms with Gasteiger partial charge in [0.15, 0.2) is 6.29 Å². The number of thioether (sulfide) groups is 1. The van der Waals surface area contributed by atoms with E-state index in [4.69, 9.17) is 9.47 Å². The topological polar surface area (TPSA) is 110 Å². The van der Waals surface area contributed by atoms with Crippen molar-refractivity contribution in [2.75, 3.05) is 11.1 Å². The molecule has 48 heavy (non-hydrogen) atoms. The summed E-state index contributed by atoms with van der Waals surface area (Å²) in [7, 11) is 0. The first kappa shape index (κ1) is 33.1. The summed E-state index contributed by atoms with van der Waals surface area (Å²) in [5.74, 6) is 0.469. The number of carbonyl (C=O) groups is 2. The van der Waals surface area contributed by atoms with Crippen molar-refractivity contribution in [3.05, 3.63) is 149 Å². The lowest BCUT2D eigenvalue weighted by Crippen LogP contribution is -2.31. The van der Waals surface area contributed by atoms with Crippen molar-refractivity contribution in [1.82, 2.24) is 10.3 Å². The van der Waals surface area contributed by atoms with Gasteiger partial charge in [-0.1, -0.05) is 66.7 Å². The first-order chi connectivity index (χ1) is 23.4. The zero-order valence-electron chi connectivity index (χ0n) is 26.5. The molecule has 0 spiro atoms. The molecule has 4 aromatic carbocycles. The molecule has 3 atom stereocenters. The number of rotatable bonds is 11. The monoisotopic (exact) mass is 659 g/mol. The van der Waals surface area contributed by atoms with E-state index in [1.54, 1.807) is 36.3 Å². The van der Waals surface area contributed by atoms with Gasteiger partial charge < -0.3 is 25.2 Å². The maximum Gasteiger partial charge on any atom is 0.253 e. The fourth-order valence-corrected chi connectivity index (χ4v) is 6.45. The molecule has 5 aromatic rings. The average Bonchev–Trinajstić information content (AvgIpc) is 3.14. The van der Waals surface area contributed by atoms with Crippen LogP contribution in [-0.2, 0) is 27.4 Å². The molecule has 1 fully saturated rings. The molecule has 1 aliphatic heterocycles. The van der Waals surface area contributed by atoms with Crippen LogP contribution in [0, 0.1) is 0 Å². The fraction of sp³-hybridized carbons (Fsp3) is 0.205. The van der Waals surface area contributed by atoms with Crippen LogP contribution < -0.4 is 10.6 Å². The summed E-state index contributed by atoms with van der Waals surface area (Å²) in [6.45, 7) is 1.89. The van der Waals surface area contributed by atoms with Crippen molar-refractivity contribution in [3.63, 3.8) is 0 Å². The highest BCUT2D eigenvalue weighted by Crippen LogP contribution is 2.40. The summed E-state index contributed by atoms with van der Waals surface area (Å²) >= 11 is 1.70. The number of anilines is 1. The Morgan fingerprint density at radius 3 is 2.33 bits per heavy atom. The quantitative estimate of drug-likeness (QED) is 0.126. The Bertz CT molecular complexity index is 1820. The number of amides is 2. The minimum Gasteiger partial charge on any atom is -0.392 e. The normalized spacial score (nSPS) is 17.4. The van der Waals surface area contributed by atoms with Crippen LogP contribution in [0.5, 0.6) is 0 Å². The van der Waals surface area contributed by atoms with Gasteiger partial charge in [0.05, 0.1) is 24.4 Å². The molecule has 0 unspecified atom stereocenters. The van der Waals surface area contributed by atoms with Gasteiger partial charge in [0, 0.05) is 54.2 Å². The van der Waals surface area contributed by atoms with Gasteiger partial charge in [-0.3, -0.25) is 14.6 Å². The van der Waals surface area contributed by atoms with E-state index in [-0.39, 0.29) is 30.6 Å². The second kappa shape index (κ2) is 15.9. The van der Waals surface area contributed by atoms with Crippen LogP contribution in [0.2, 0.25) is 0 Å². The minimum atomic E-state index is -0.558. The summed E-state index contributed by atoms with van der Waals surface area (Å²) in [6, 6.07) is 35.5. The highest BCUT2D eigenvalue weighted by atomic mass is 32.2.